The Hall–Kier alpha value is -3.90. The van der Waals surface area contributed by atoms with Crippen LogP contribution in [0.1, 0.15) is 23.6 Å². The molecule has 3 aromatic rings. The van der Waals surface area contributed by atoms with E-state index in [0.717, 1.165) is 16.0 Å². The van der Waals surface area contributed by atoms with Crippen molar-refractivity contribution in [3.05, 3.63) is 100 Å². The Morgan fingerprint density at radius 1 is 0.970 bits per heavy atom. The average Bonchev–Trinajstić information content (AvgIpc) is 2.81. The molecule has 1 N–H and O–H groups in total. The van der Waals surface area contributed by atoms with Gasteiger partial charge in [-0.2, -0.15) is 0 Å². The summed E-state index contributed by atoms with van der Waals surface area (Å²) in [5.41, 5.74) is 2.53. The molecule has 1 aliphatic heterocycles. The molecule has 0 radical (unpaired) electrons. The van der Waals surface area contributed by atoms with Crippen LogP contribution in [0, 0.1) is 0 Å². The zero-order chi connectivity index (χ0) is 23.4. The first-order valence-corrected chi connectivity index (χ1v) is 10.8. The van der Waals surface area contributed by atoms with Crippen LogP contribution in [0.5, 0.6) is 5.75 Å². The monoisotopic (exact) mass is 460 g/mol. The van der Waals surface area contributed by atoms with Gasteiger partial charge in [-0.05, 0) is 47.9 Å². The summed E-state index contributed by atoms with van der Waals surface area (Å²) in [5.74, 6) is -0.947. The lowest BCUT2D eigenvalue weighted by Gasteiger charge is -2.28. The highest BCUT2D eigenvalue weighted by molar-refractivity contribution is 6.39. The van der Waals surface area contributed by atoms with E-state index in [2.05, 4.69) is 5.32 Å². The van der Waals surface area contributed by atoms with Gasteiger partial charge in [0.25, 0.3) is 11.8 Å². The van der Waals surface area contributed by atoms with Crippen LogP contribution >= 0.6 is 11.6 Å². The maximum atomic E-state index is 13.3. The van der Waals surface area contributed by atoms with Crippen LogP contribution in [0.15, 0.2) is 78.4 Å². The largest absolute Gasteiger partial charge is 0.488 e. The number of amides is 4. The van der Waals surface area contributed by atoms with Crippen molar-refractivity contribution in [2.24, 2.45) is 0 Å². The molecule has 3 aromatic carbocycles. The third kappa shape index (κ3) is 4.81. The van der Waals surface area contributed by atoms with Crippen molar-refractivity contribution in [3.8, 4) is 5.75 Å². The Kier molecular flexibility index (Phi) is 6.56. The fourth-order valence-corrected chi connectivity index (χ4v) is 3.79. The minimum absolute atomic E-state index is 0.153. The number of aryl methyl sites for hydroxylation is 1. The predicted octanol–water partition coefficient (Wildman–Crippen LogP) is 5.15. The van der Waals surface area contributed by atoms with Crippen LogP contribution in [0.4, 0.5) is 10.5 Å². The van der Waals surface area contributed by atoms with E-state index in [9.17, 15) is 14.4 Å². The normalized spacial score (nSPS) is 15.0. The van der Waals surface area contributed by atoms with Crippen LogP contribution in [0.25, 0.3) is 6.08 Å². The molecule has 4 rings (SSSR count). The molecule has 0 spiro atoms. The number of rotatable bonds is 6. The number of nitrogens with zero attached hydrogens (tertiary/aromatic N) is 1. The molecule has 1 aliphatic rings. The summed E-state index contributed by atoms with van der Waals surface area (Å²) in [5, 5.41) is 2.87. The van der Waals surface area contributed by atoms with Crippen molar-refractivity contribution in [3.63, 3.8) is 0 Å². The van der Waals surface area contributed by atoms with Crippen molar-refractivity contribution in [1.82, 2.24) is 5.32 Å². The number of halogens is 1. The second-order valence-electron chi connectivity index (χ2n) is 7.40. The number of carbonyl (C=O) groups excluding carboxylic acids is 3. The number of imide groups is 2. The number of hydrogen-bond donors (Lipinski definition) is 1. The van der Waals surface area contributed by atoms with Gasteiger partial charge in [-0.25, -0.2) is 9.69 Å². The van der Waals surface area contributed by atoms with Crippen molar-refractivity contribution < 1.29 is 19.1 Å². The van der Waals surface area contributed by atoms with E-state index in [-0.39, 0.29) is 12.2 Å². The highest BCUT2D eigenvalue weighted by Crippen LogP contribution is 2.28. The minimum Gasteiger partial charge on any atom is -0.488 e. The van der Waals surface area contributed by atoms with E-state index in [1.807, 2.05) is 31.2 Å². The first-order valence-electron chi connectivity index (χ1n) is 10.4. The van der Waals surface area contributed by atoms with E-state index in [4.69, 9.17) is 16.3 Å². The molecular formula is C26H21ClN2O4. The molecule has 0 aliphatic carbocycles. The van der Waals surface area contributed by atoms with Crippen molar-refractivity contribution in [2.45, 2.75) is 20.0 Å². The molecule has 1 saturated heterocycles. The van der Waals surface area contributed by atoms with Crippen LogP contribution < -0.4 is 15.0 Å². The molecular weight excluding hydrogens is 440 g/mol. The maximum absolute atomic E-state index is 13.3. The summed E-state index contributed by atoms with van der Waals surface area (Å²) in [6.07, 6.45) is 2.07. The lowest BCUT2D eigenvalue weighted by atomic mass is 10.0. The number of para-hydroxylation sites is 2. The fourth-order valence-electron chi connectivity index (χ4n) is 3.58. The number of anilines is 1. The van der Waals surface area contributed by atoms with Gasteiger partial charge in [0.15, 0.2) is 0 Å². The van der Waals surface area contributed by atoms with Crippen LogP contribution in [-0.2, 0) is 22.6 Å². The fraction of sp³-hybridized carbons (Fsp3) is 0.115. The number of ether oxygens (including phenoxy) is 1. The lowest BCUT2D eigenvalue weighted by Crippen LogP contribution is -2.54. The summed E-state index contributed by atoms with van der Waals surface area (Å²) in [6, 6.07) is 20.7. The third-order valence-electron chi connectivity index (χ3n) is 5.22. The zero-order valence-corrected chi connectivity index (χ0v) is 18.6. The topological polar surface area (TPSA) is 75.7 Å². The molecule has 7 heteroatoms. The number of urea groups is 1. The number of nitrogens with one attached hydrogen (secondary N) is 1. The smallest absolute Gasteiger partial charge is 0.335 e. The molecule has 33 heavy (non-hydrogen) atoms. The number of barbiturate groups is 1. The quantitative estimate of drug-likeness (QED) is 0.408. The average molecular weight is 461 g/mol. The van der Waals surface area contributed by atoms with Crippen molar-refractivity contribution in [2.75, 3.05) is 4.90 Å². The molecule has 6 nitrogen and oxygen atoms in total. The van der Waals surface area contributed by atoms with Gasteiger partial charge in [0, 0.05) is 10.6 Å². The van der Waals surface area contributed by atoms with Crippen LogP contribution in [0.2, 0.25) is 5.02 Å². The highest BCUT2D eigenvalue weighted by atomic mass is 35.5. The summed E-state index contributed by atoms with van der Waals surface area (Å²) < 4.78 is 5.93. The Morgan fingerprint density at radius 3 is 2.52 bits per heavy atom. The van der Waals surface area contributed by atoms with Crippen molar-refractivity contribution in [1.29, 1.82) is 0 Å². The van der Waals surface area contributed by atoms with Gasteiger partial charge in [0.05, 0.1) is 5.69 Å². The van der Waals surface area contributed by atoms with E-state index in [1.54, 1.807) is 48.5 Å². The molecule has 0 bridgehead atoms. The Morgan fingerprint density at radius 2 is 1.73 bits per heavy atom. The number of carbonyl (C=O) groups is 3. The van der Waals surface area contributed by atoms with Gasteiger partial charge in [0.1, 0.15) is 17.9 Å². The second-order valence-corrected chi connectivity index (χ2v) is 7.83. The van der Waals surface area contributed by atoms with Gasteiger partial charge in [-0.15, -0.1) is 0 Å². The van der Waals surface area contributed by atoms with E-state index >= 15 is 0 Å². The summed E-state index contributed by atoms with van der Waals surface area (Å²) in [4.78, 5) is 39.4. The standard InChI is InChI=1S/C26H21ClN2O4/c1-2-18-9-3-5-12-22(18)29-25(31)21(24(30)28-26(29)32)15-19-10-4-6-13-23(19)33-16-17-8-7-11-20(27)14-17/h3-15H,2,16H2,1H3,(H,28,30,32)/b21-15-. The van der Waals surface area contributed by atoms with Crippen LogP contribution in [-0.4, -0.2) is 17.8 Å². The van der Waals surface area contributed by atoms with Gasteiger partial charge < -0.3 is 4.74 Å². The predicted molar refractivity (Wildman–Crippen MR) is 127 cm³/mol. The number of hydrogen-bond acceptors (Lipinski definition) is 4. The molecule has 0 aromatic heterocycles. The van der Waals surface area contributed by atoms with Gasteiger partial charge in [-0.3, -0.25) is 14.9 Å². The molecule has 166 valence electrons. The Balaban J connectivity index is 1.66. The Bertz CT molecular complexity index is 1270. The van der Waals surface area contributed by atoms with E-state index < -0.39 is 17.8 Å². The van der Waals surface area contributed by atoms with Gasteiger partial charge in [0.2, 0.25) is 0 Å². The Labute approximate surface area is 196 Å². The van der Waals surface area contributed by atoms with Gasteiger partial charge in [-0.1, -0.05) is 67.1 Å². The summed E-state index contributed by atoms with van der Waals surface area (Å²) >= 11 is 6.04. The first-order chi connectivity index (χ1) is 16.0. The SMILES string of the molecule is CCc1ccccc1N1C(=O)NC(=O)/C(=C/c2ccccc2OCc2cccc(Cl)c2)C1=O. The molecule has 4 amide bonds. The zero-order valence-electron chi connectivity index (χ0n) is 17.9. The third-order valence-corrected chi connectivity index (χ3v) is 5.45. The number of benzene rings is 3. The first kappa shape index (κ1) is 22.3. The summed E-state index contributed by atoms with van der Waals surface area (Å²) in [7, 11) is 0. The molecule has 1 fully saturated rings. The highest BCUT2D eigenvalue weighted by Gasteiger charge is 2.37. The van der Waals surface area contributed by atoms with E-state index in [1.165, 1.54) is 6.08 Å². The minimum atomic E-state index is -0.770. The molecule has 0 unspecified atom stereocenters. The molecule has 0 atom stereocenters. The van der Waals surface area contributed by atoms with Gasteiger partial charge >= 0.3 is 6.03 Å². The van der Waals surface area contributed by atoms with Crippen LogP contribution in [0.3, 0.4) is 0 Å². The molecule has 0 saturated carbocycles. The molecule has 1 heterocycles. The maximum Gasteiger partial charge on any atom is 0.335 e. The lowest BCUT2D eigenvalue weighted by molar-refractivity contribution is -0.122. The second kappa shape index (κ2) is 9.71. The van der Waals surface area contributed by atoms with Crippen molar-refractivity contribution >= 4 is 41.2 Å². The summed E-state index contributed by atoms with van der Waals surface area (Å²) in [6.45, 7) is 2.19. The van der Waals surface area contributed by atoms with E-state index in [0.29, 0.717) is 28.4 Å².